The van der Waals surface area contributed by atoms with Gasteiger partial charge in [-0.2, -0.15) is 0 Å². The largest absolute Gasteiger partial charge is 0.323 e. The minimum Gasteiger partial charge on any atom is -0.323 e. The van der Waals surface area contributed by atoms with Gasteiger partial charge in [-0.1, -0.05) is 52.4 Å². The van der Waals surface area contributed by atoms with Crippen molar-refractivity contribution >= 4 is 5.91 Å². The highest BCUT2D eigenvalue weighted by molar-refractivity contribution is 5.84. The molecule has 3 heteroatoms. The van der Waals surface area contributed by atoms with Crippen LogP contribution in [0.1, 0.15) is 85.0 Å². The number of nitrogens with one attached hydrogen (secondary N) is 1. The summed E-state index contributed by atoms with van der Waals surface area (Å²) in [7, 11) is 0. The molecule has 1 aliphatic heterocycles. The number of amides is 1. The van der Waals surface area contributed by atoms with Crippen LogP contribution in [0.3, 0.4) is 0 Å². The normalized spacial score (nSPS) is 28.5. The Hall–Kier alpha value is -0.570. The minimum absolute atomic E-state index is 0.0636. The van der Waals surface area contributed by atoms with Crippen molar-refractivity contribution in [1.29, 1.82) is 0 Å². The van der Waals surface area contributed by atoms with Crippen LogP contribution < -0.4 is 5.32 Å². The van der Waals surface area contributed by atoms with Gasteiger partial charge in [-0.25, -0.2) is 0 Å². The van der Waals surface area contributed by atoms with Crippen molar-refractivity contribution in [2.75, 3.05) is 0 Å². The fourth-order valence-corrected chi connectivity index (χ4v) is 4.10. The Morgan fingerprint density at radius 3 is 2.52 bits per heavy atom. The molecule has 1 N–H and O–H groups in total. The first-order valence-corrected chi connectivity index (χ1v) is 9.27. The first-order chi connectivity index (χ1) is 10.2. The van der Waals surface area contributed by atoms with Crippen LogP contribution in [0, 0.1) is 5.92 Å². The Morgan fingerprint density at radius 1 is 1.19 bits per heavy atom. The van der Waals surface area contributed by atoms with E-state index >= 15 is 0 Å². The van der Waals surface area contributed by atoms with E-state index in [1.165, 1.54) is 51.4 Å². The molecular formula is C18H34N2O. The molecule has 21 heavy (non-hydrogen) atoms. The maximum absolute atomic E-state index is 12.7. The standard InChI is InChI=1S/C18H34N2O/c1-4-6-7-8-11-14(3)20-17(15-12-9-10-13-15)19-16(5-2)18(20)21/h14-17,19H,4-13H2,1-3H3. The molecule has 0 aromatic carbocycles. The summed E-state index contributed by atoms with van der Waals surface area (Å²) >= 11 is 0. The Morgan fingerprint density at radius 2 is 1.90 bits per heavy atom. The minimum atomic E-state index is 0.0636. The van der Waals surface area contributed by atoms with Crippen LogP contribution >= 0.6 is 0 Å². The second-order valence-corrected chi connectivity index (χ2v) is 7.06. The van der Waals surface area contributed by atoms with Crippen LogP contribution in [0.4, 0.5) is 0 Å². The van der Waals surface area contributed by atoms with E-state index in [0.29, 0.717) is 24.0 Å². The van der Waals surface area contributed by atoms with Gasteiger partial charge in [-0.15, -0.1) is 0 Å². The third-order valence-electron chi connectivity index (χ3n) is 5.43. The Kier molecular flexibility index (Phi) is 6.53. The second kappa shape index (κ2) is 8.17. The van der Waals surface area contributed by atoms with Gasteiger partial charge in [0.15, 0.2) is 0 Å². The van der Waals surface area contributed by atoms with Gasteiger partial charge in [0, 0.05) is 6.04 Å². The molecule has 0 aromatic rings. The Labute approximate surface area is 130 Å². The number of nitrogens with zero attached hydrogens (tertiary/aromatic N) is 1. The quantitative estimate of drug-likeness (QED) is 0.684. The number of rotatable bonds is 8. The molecule has 122 valence electrons. The van der Waals surface area contributed by atoms with E-state index in [1.54, 1.807) is 0 Å². The molecule has 3 unspecified atom stereocenters. The lowest BCUT2D eigenvalue weighted by Gasteiger charge is -2.34. The fraction of sp³-hybridized carbons (Fsp3) is 0.944. The molecule has 2 fully saturated rings. The van der Waals surface area contributed by atoms with Gasteiger partial charge in [-0.05, 0) is 38.5 Å². The van der Waals surface area contributed by atoms with Crippen molar-refractivity contribution in [3.63, 3.8) is 0 Å². The molecule has 3 nitrogen and oxygen atoms in total. The van der Waals surface area contributed by atoms with Crippen LogP contribution in [0.2, 0.25) is 0 Å². The van der Waals surface area contributed by atoms with E-state index in [0.717, 1.165) is 12.8 Å². The van der Waals surface area contributed by atoms with E-state index in [1.807, 2.05) is 0 Å². The number of unbranched alkanes of at least 4 members (excludes halogenated alkanes) is 3. The zero-order valence-corrected chi connectivity index (χ0v) is 14.2. The summed E-state index contributed by atoms with van der Waals surface area (Å²) in [5.41, 5.74) is 0. The first kappa shape index (κ1) is 16.8. The van der Waals surface area contributed by atoms with Gasteiger partial charge in [0.1, 0.15) is 0 Å². The van der Waals surface area contributed by atoms with Crippen molar-refractivity contribution in [3.05, 3.63) is 0 Å². The zero-order chi connectivity index (χ0) is 15.2. The summed E-state index contributed by atoms with van der Waals surface area (Å²) < 4.78 is 0. The lowest BCUT2D eigenvalue weighted by Crippen LogP contribution is -2.47. The highest BCUT2D eigenvalue weighted by Gasteiger charge is 2.44. The highest BCUT2D eigenvalue weighted by Crippen LogP contribution is 2.34. The van der Waals surface area contributed by atoms with Gasteiger partial charge >= 0.3 is 0 Å². The highest BCUT2D eigenvalue weighted by atomic mass is 16.2. The zero-order valence-electron chi connectivity index (χ0n) is 14.2. The van der Waals surface area contributed by atoms with Crippen LogP contribution in [-0.2, 0) is 4.79 Å². The molecule has 0 spiro atoms. The summed E-state index contributed by atoms with van der Waals surface area (Å²) in [5, 5.41) is 3.64. The molecule has 3 atom stereocenters. The fourth-order valence-electron chi connectivity index (χ4n) is 4.10. The van der Waals surface area contributed by atoms with E-state index in [2.05, 4.69) is 31.0 Å². The number of carbonyl (C=O) groups is 1. The van der Waals surface area contributed by atoms with Gasteiger partial charge in [0.05, 0.1) is 12.2 Å². The topological polar surface area (TPSA) is 32.3 Å². The predicted octanol–water partition coefficient (Wildman–Crippen LogP) is 4.07. The van der Waals surface area contributed by atoms with Crippen molar-refractivity contribution in [1.82, 2.24) is 10.2 Å². The summed E-state index contributed by atoms with van der Waals surface area (Å²) in [6.07, 6.45) is 12.8. The molecule has 1 heterocycles. The van der Waals surface area contributed by atoms with Gasteiger partial charge in [0.2, 0.25) is 5.91 Å². The van der Waals surface area contributed by atoms with Crippen molar-refractivity contribution in [2.45, 2.75) is 103 Å². The molecule has 1 aliphatic carbocycles. The van der Waals surface area contributed by atoms with Crippen molar-refractivity contribution < 1.29 is 4.79 Å². The lowest BCUT2D eigenvalue weighted by molar-refractivity contribution is -0.132. The monoisotopic (exact) mass is 294 g/mol. The van der Waals surface area contributed by atoms with Gasteiger partial charge in [-0.3, -0.25) is 10.1 Å². The third-order valence-corrected chi connectivity index (χ3v) is 5.43. The smallest absolute Gasteiger partial charge is 0.241 e. The molecule has 0 aromatic heterocycles. The molecule has 0 bridgehead atoms. The third kappa shape index (κ3) is 4.00. The van der Waals surface area contributed by atoms with Gasteiger partial charge < -0.3 is 4.90 Å². The summed E-state index contributed by atoms with van der Waals surface area (Å²) in [6, 6.07) is 0.456. The van der Waals surface area contributed by atoms with Crippen LogP contribution in [0.15, 0.2) is 0 Å². The number of hydrogen-bond donors (Lipinski definition) is 1. The van der Waals surface area contributed by atoms with E-state index < -0.39 is 0 Å². The summed E-state index contributed by atoms with van der Waals surface area (Å²) in [6.45, 7) is 6.63. The molecule has 1 saturated carbocycles. The maximum Gasteiger partial charge on any atom is 0.241 e. The average molecular weight is 294 g/mol. The molecular weight excluding hydrogens is 260 g/mol. The SMILES string of the molecule is CCCCCCC(C)N1C(=O)C(CC)NC1C1CCCC1. The van der Waals surface area contributed by atoms with Crippen LogP contribution in [0.25, 0.3) is 0 Å². The second-order valence-electron chi connectivity index (χ2n) is 7.06. The Balaban J connectivity index is 1.96. The average Bonchev–Trinajstić information content (AvgIpc) is 3.10. The first-order valence-electron chi connectivity index (χ1n) is 9.27. The molecule has 2 rings (SSSR count). The van der Waals surface area contributed by atoms with Crippen LogP contribution in [-0.4, -0.2) is 29.1 Å². The molecule has 2 aliphatic rings. The van der Waals surface area contributed by atoms with Crippen molar-refractivity contribution in [2.24, 2.45) is 5.92 Å². The molecule has 1 saturated heterocycles. The number of carbonyl (C=O) groups excluding carboxylic acids is 1. The molecule has 1 amide bonds. The summed E-state index contributed by atoms with van der Waals surface area (Å²) in [4.78, 5) is 14.9. The number of hydrogen-bond acceptors (Lipinski definition) is 2. The van der Waals surface area contributed by atoms with Gasteiger partial charge in [0.25, 0.3) is 0 Å². The van der Waals surface area contributed by atoms with Crippen molar-refractivity contribution in [3.8, 4) is 0 Å². The van der Waals surface area contributed by atoms with E-state index in [-0.39, 0.29) is 6.04 Å². The van der Waals surface area contributed by atoms with Crippen LogP contribution in [0.5, 0.6) is 0 Å². The molecule has 0 radical (unpaired) electrons. The van der Waals surface area contributed by atoms with E-state index in [9.17, 15) is 4.79 Å². The van der Waals surface area contributed by atoms with E-state index in [4.69, 9.17) is 0 Å². The predicted molar refractivity (Wildman–Crippen MR) is 88.0 cm³/mol. The maximum atomic E-state index is 12.7. The summed E-state index contributed by atoms with van der Waals surface area (Å²) in [5.74, 6) is 1.04. The lowest BCUT2D eigenvalue weighted by atomic mass is 10.0. The Bertz CT molecular complexity index is 325.